The highest BCUT2D eigenvalue weighted by Gasteiger charge is 2.40. The Kier molecular flexibility index (Phi) is 5.24. The number of likely N-dealkylation sites (tertiary alicyclic amines) is 1. The molecule has 2 saturated heterocycles. The van der Waals surface area contributed by atoms with Crippen LogP contribution < -0.4 is 4.74 Å². The summed E-state index contributed by atoms with van der Waals surface area (Å²) in [4.78, 5) is 4.90. The van der Waals surface area contributed by atoms with Crippen LogP contribution in [0.4, 0.5) is 0 Å². The number of nitrogens with zero attached hydrogens (tertiary/aromatic N) is 2. The van der Waals surface area contributed by atoms with E-state index in [4.69, 9.17) is 9.47 Å². The summed E-state index contributed by atoms with van der Waals surface area (Å²) in [7, 11) is 6.14. The minimum Gasteiger partial charge on any atom is -0.496 e. The molecule has 2 heterocycles. The molecule has 1 aromatic carbocycles. The Balaban J connectivity index is 1.58. The molecule has 2 aliphatic rings. The molecule has 4 heteroatoms. The second-order valence-corrected chi connectivity index (χ2v) is 7.23. The Labute approximate surface area is 140 Å². The van der Waals surface area contributed by atoms with Gasteiger partial charge in [0.1, 0.15) is 5.75 Å². The molecule has 0 aliphatic carbocycles. The molecule has 1 spiro atoms. The van der Waals surface area contributed by atoms with Gasteiger partial charge in [-0.1, -0.05) is 18.2 Å². The topological polar surface area (TPSA) is 24.9 Å². The molecule has 0 N–H and O–H groups in total. The monoisotopic (exact) mass is 318 g/mol. The van der Waals surface area contributed by atoms with Crippen molar-refractivity contribution in [3.63, 3.8) is 0 Å². The lowest BCUT2D eigenvalue weighted by Crippen LogP contribution is -2.52. The smallest absolute Gasteiger partial charge is 0.123 e. The van der Waals surface area contributed by atoms with Gasteiger partial charge in [-0.15, -0.1) is 0 Å². The molecular formula is C19H30N2O2. The lowest BCUT2D eigenvalue weighted by atomic mass is 9.82. The predicted molar refractivity (Wildman–Crippen MR) is 92.9 cm³/mol. The van der Waals surface area contributed by atoms with E-state index in [0.717, 1.165) is 44.8 Å². The fourth-order valence-corrected chi connectivity index (χ4v) is 3.98. The van der Waals surface area contributed by atoms with Gasteiger partial charge in [0.2, 0.25) is 0 Å². The third kappa shape index (κ3) is 3.87. The summed E-state index contributed by atoms with van der Waals surface area (Å²) < 4.78 is 11.7. The first-order chi connectivity index (χ1) is 11.1. The first-order valence-electron chi connectivity index (χ1n) is 8.76. The van der Waals surface area contributed by atoms with Crippen LogP contribution in [0.25, 0.3) is 0 Å². The maximum Gasteiger partial charge on any atom is 0.123 e. The Hall–Kier alpha value is -1.10. The third-order valence-electron chi connectivity index (χ3n) is 5.55. The first kappa shape index (κ1) is 16.7. The quantitative estimate of drug-likeness (QED) is 0.852. The van der Waals surface area contributed by atoms with Crippen LogP contribution in [0, 0.1) is 0 Å². The maximum absolute atomic E-state index is 6.25. The van der Waals surface area contributed by atoms with E-state index in [0.29, 0.717) is 6.04 Å². The summed E-state index contributed by atoms with van der Waals surface area (Å²) in [6.45, 7) is 4.10. The third-order valence-corrected chi connectivity index (χ3v) is 5.55. The van der Waals surface area contributed by atoms with Crippen LogP contribution in [0.15, 0.2) is 24.3 Å². The van der Waals surface area contributed by atoms with Gasteiger partial charge in [0, 0.05) is 37.8 Å². The first-order valence-corrected chi connectivity index (χ1v) is 8.76. The molecule has 0 saturated carbocycles. The van der Waals surface area contributed by atoms with Crippen molar-refractivity contribution in [3.05, 3.63) is 29.8 Å². The minimum absolute atomic E-state index is 0.116. The number of para-hydroxylation sites is 1. The van der Waals surface area contributed by atoms with Crippen LogP contribution in [-0.4, -0.2) is 62.3 Å². The van der Waals surface area contributed by atoms with E-state index in [-0.39, 0.29) is 5.60 Å². The summed E-state index contributed by atoms with van der Waals surface area (Å²) in [6.07, 6.45) is 4.64. The number of benzene rings is 1. The molecule has 0 bridgehead atoms. The molecule has 23 heavy (non-hydrogen) atoms. The summed E-state index contributed by atoms with van der Waals surface area (Å²) in [6, 6.07) is 9.01. The number of methoxy groups -OCH3 is 1. The van der Waals surface area contributed by atoms with Crippen molar-refractivity contribution in [2.45, 2.75) is 43.9 Å². The zero-order chi connectivity index (χ0) is 16.3. The van der Waals surface area contributed by atoms with E-state index in [9.17, 15) is 0 Å². The second kappa shape index (κ2) is 7.20. The standard InChI is InChI=1S/C19H30N2O2/c1-20(2)17-8-13-23-19(14-17)9-11-21(12-10-19)15-16-6-4-5-7-18(16)22-3/h4-7,17H,8-15H2,1-3H3/t17-/m1/s1. The zero-order valence-electron chi connectivity index (χ0n) is 14.8. The number of ether oxygens (including phenoxy) is 2. The number of hydrogen-bond donors (Lipinski definition) is 0. The van der Waals surface area contributed by atoms with Crippen LogP contribution in [0.2, 0.25) is 0 Å². The normalized spacial score (nSPS) is 25.0. The highest BCUT2D eigenvalue weighted by atomic mass is 16.5. The molecular weight excluding hydrogens is 288 g/mol. The zero-order valence-corrected chi connectivity index (χ0v) is 14.8. The summed E-state index contributed by atoms with van der Waals surface area (Å²) >= 11 is 0. The molecule has 2 aliphatic heterocycles. The summed E-state index contributed by atoms with van der Waals surface area (Å²) in [5.74, 6) is 0.995. The number of rotatable bonds is 4. The maximum atomic E-state index is 6.25. The van der Waals surface area contributed by atoms with Crippen molar-refractivity contribution < 1.29 is 9.47 Å². The van der Waals surface area contributed by atoms with Crippen molar-refractivity contribution in [3.8, 4) is 5.75 Å². The van der Waals surface area contributed by atoms with E-state index in [1.165, 1.54) is 18.4 Å². The van der Waals surface area contributed by atoms with Gasteiger partial charge in [-0.25, -0.2) is 0 Å². The van der Waals surface area contributed by atoms with Crippen LogP contribution in [0.3, 0.4) is 0 Å². The van der Waals surface area contributed by atoms with Crippen LogP contribution in [0.5, 0.6) is 5.75 Å². The van der Waals surface area contributed by atoms with Gasteiger partial charge in [0.25, 0.3) is 0 Å². The van der Waals surface area contributed by atoms with Gasteiger partial charge in [0.05, 0.1) is 12.7 Å². The van der Waals surface area contributed by atoms with E-state index >= 15 is 0 Å². The highest BCUT2D eigenvalue weighted by Crippen LogP contribution is 2.36. The second-order valence-electron chi connectivity index (χ2n) is 7.23. The van der Waals surface area contributed by atoms with Gasteiger partial charge < -0.3 is 14.4 Å². The lowest BCUT2D eigenvalue weighted by molar-refractivity contribution is -0.130. The summed E-state index contributed by atoms with van der Waals surface area (Å²) in [5.41, 5.74) is 1.39. The molecule has 0 aromatic heterocycles. The van der Waals surface area contributed by atoms with E-state index < -0.39 is 0 Å². The number of piperidine rings is 1. The van der Waals surface area contributed by atoms with Gasteiger partial charge in [-0.3, -0.25) is 4.90 Å². The van der Waals surface area contributed by atoms with Crippen LogP contribution in [0.1, 0.15) is 31.2 Å². The van der Waals surface area contributed by atoms with Crippen molar-refractivity contribution in [1.82, 2.24) is 9.80 Å². The van der Waals surface area contributed by atoms with E-state index in [2.05, 4.69) is 36.0 Å². The average molecular weight is 318 g/mol. The van der Waals surface area contributed by atoms with Gasteiger partial charge in [-0.05, 0) is 45.8 Å². The van der Waals surface area contributed by atoms with Gasteiger partial charge in [0.15, 0.2) is 0 Å². The van der Waals surface area contributed by atoms with Crippen molar-refractivity contribution in [2.75, 3.05) is 40.9 Å². The minimum atomic E-state index is 0.116. The number of hydrogen-bond acceptors (Lipinski definition) is 4. The van der Waals surface area contributed by atoms with E-state index in [1.54, 1.807) is 7.11 Å². The average Bonchev–Trinajstić information content (AvgIpc) is 2.58. The molecule has 0 unspecified atom stereocenters. The van der Waals surface area contributed by atoms with Crippen molar-refractivity contribution in [2.24, 2.45) is 0 Å². The van der Waals surface area contributed by atoms with Gasteiger partial charge in [-0.2, -0.15) is 0 Å². The molecule has 128 valence electrons. The molecule has 0 amide bonds. The molecule has 1 aromatic rings. The Morgan fingerprint density at radius 2 is 2.00 bits per heavy atom. The Morgan fingerprint density at radius 3 is 2.70 bits per heavy atom. The highest BCUT2D eigenvalue weighted by molar-refractivity contribution is 5.33. The fourth-order valence-electron chi connectivity index (χ4n) is 3.98. The van der Waals surface area contributed by atoms with Crippen LogP contribution >= 0.6 is 0 Å². The molecule has 2 fully saturated rings. The predicted octanol–water partition coefficient (Wildman–Crippen LogP) is 2.77. The largest absolute Gasteiger partial charge is 0.496 e. The molecule has 0 radical (unpaired) electrons. The van der Waals surface area contributed by atoms with Crippen molar-refractivity contribution in [1.29, 1.82) is 0 Å². The molecule has 1 atom stereocenters. The Bertz CT molecular complexity index is 510. The lowest BCUT2D eigenvalue weighted by Gasteiger charge is -2.47. The summed E-state index contributed by atoms with van der Waals surface area (Å²) in [5, 5.41) is 0. The van der Waals surface area contributed by atoms with Crippen LogP contribution in [-0.2, 0) is 11.3 Å². The molecule has 4 nitrogen and oxygen atoms in total. The fraction of sp³-hybridized carbons (Fsp3) is 0.684. The van der Waals surface area contributed by atoms with E-state index in [1.807, 2.05) is 12.1 Å². The van der Waals surface area contributed by atoms with Crippen molar-refractivity contribution >= 4 is 0 Å². The SMILES string of the molecule is COc1ccccc1CN1CCC2(CC1)C[C@H](N(C)C)CCO2. The Morgan fingerprint density at radius 1 is 1.26 bits per heavy atom. The van der Waals surface area contributed by atoms with Gasteiger partial charge >= 0.3 is 0 Å². The molecule has 3 rings (SSSR count).